The molecule has 0 amide bonds. The fourth-order valence-corrected chi connectivity index (χ4v) is 4.02. The molecule has 1 heteroatoms. The van der Waals surface area contributed by atoms with Crippen LogP contribution in [0, 0.1) is 23.7 Å². The molecule has 17 heavy (non-hydrogen) atoms. The van der Waals surface area contributed by atoms with E-state index in [-0.39, 0.29) is 14.0 Å². The molecule has 0 radical (unpaired) electrons. The number of rotatable bonds is 0. The van der Waals surface area contributed by atoms with Crippen molar-refractivity contribution in [2.75, 3.05) is 6.61 Å². The maximum Gasteiger partial charge on any atom is 0.0402 e. The van der Waals surface area contributed by atoms with Crippen molar-refractivity contribution in [1.82, 2.24) is 0 Å². The van der Waals surface area contributed by atoms with Crippen molar-refractivity contribution in [3.63, 3.8) is 0 Å². The number of hydrogen-bond acceptors (Lipinski definition) is 1. The van der Waals surface area contributed by atoms with Gasteiger partial charge < -0.3 is 5.11 Å². The van der Waals surface area contributed by atoms with Gasteiger partial charge >= 0.3 is 0 Å². The Balaban J connectivity index is 0.000000320. The second-order valence-corrected chi connectivity index (χ2v) is 5.62. The van der Waals surface area contributed by atoms with Gasteiger partial charge in [-0.1, -0.05) is 34.1 Å². The molecule has 0 heterocycles. The summed E-state index contributed by atoms with van der Waals surface area (Å²) in [5, 5.41) is 7.57. The highest BCUT2D eigenvalue weighted by Gasteiger charge is 2.48. The summed E-state index contributed by atoms with van der Waals surface area (Å²) >= 11 is 0. The van der Waals surface area contributed by atoms with Crippen LogP contribution in [0.25, 0.3) is 0 Å². The molecule has 4 atom stereocenters. The fraction of sp³-hybridized carbons (Fsp3) is 1.00. The van der Waals surface area contributed by atoms with Gasteiger partial charge in [-0.2, -0.15) is 0 Å². The monoisotopic (exact) mass is 242 g/mol. The summed E-state index contributed by atoms with van der Waals surface area (Å²) in [4.78, 5) is 0. The number of aliphatic hydroxyl groups is 1. The average molecular weight is 242 g/mol. The molecule has 3 fully saturated rings. The zero-order valence-electron chi connectivity index (χ0n) is 11.4. The van der Waals surface area contributed by atoms with E-state index in [1.807, 2.05) is 0 Å². The third kappa shape index (κ3) is 4.28. The van der Waals surface area contributed by atoms with Crippen LogP contribution in [0.3, 0.4) is 0 Å². The van der Waals surface area contributed by atoms with Crippen molar-refractivity contribution in [3.05, 3.63) is 0 Å². The molecule has 1 nitrogen and oxygen atoms in total. The van der Waals surface area contributed by atoms with E-state index in [4.69, 9.17) is 5.11 Å². The summed E-state index contributed by atoms with van der Waals surface area (Å²) in [6, 6.07) is 0. The third-order valence-corrected chi connectivity index (χ3v) is 4.35. The Kier molecular flexibility index (Phi) is 8.94. The van der Waals surface area contributed by atoms with Crippen molar-refractivity contribution >= 4 is 0 Å². The molecule has 0 saturated heterocycles. The van der Waals surface area contributed by atoms with Gasteiger partial charge in [-0.25, -0.2) is 0 Å². The summed E-state index contributed by atoms with van der Waals surface area (Å²) in [6.07, 6.45) is 10.8. The summed E-state index contributed by atoms with van der Waals surface area (Å²) < 4.78 is 0. The van der Waals surface area contributed by atoms with Crippen molar-refractivity contribution in [1.29, 1.82) is 0 Å². The molecule has 4 unspecified atom stereocenters. The van der Waals surface area contributed by atoms with Gasteiger partial charge in [-0.05, 0) is 62.7 Å². The zero-order valence-corrected chi connectivity index (χ0v) is 11.4. The Labute approximate surface area is 109 Å². The van der Waals surface area contributed by atoms with E-state index >= 15 is 0 Å². The number of hydrogen-bond donors (Lipinski definition) is 1. The van der Waals surface area contributed by atoms with Crippen LogP contribution in [0.1, 0.15) is 73.1 Å². The van der Waals surface area contributed by atoms with Gasteiger partial charge in [0.25, 0.3) is 0 Å². The van der Waals surface area contributed by atoms with Crippen molar-refractivity contribution in [2.45, 2.75) is 73.1 Å². The maximum atomic E-state index is 7.57. The molecule has 3 aliphatic rings. The predicted molar refractivity (Wildman–Crippen MR) is 77.1 cm³/mol. The van der Waals surface area contributed by atoms with Crippen LogP contribution in [0.2, 0.25) is 0 Å². The van der Waals surface area contributed by atoms with E-state index in [1.165, 1.54) is 30.1 Å². The predicted octanol–water partition coefficient (Wildman–Crippen LogP) is 4.88. The lowest BCUT2D eigenvalue weighted by Gasteiger charge is -2.23. The normalized spacial score (nSPS) is 36.0. The molecule has 0 aromatic heterocycles. The Morgan fingerprint density at radius 1 is 0.882 bits per heavy atom. The van der Waals surface area contributed by atoms with E-state index in [0.717, 1.165) is 0 Å². The van der Waals surface area contributed by atoms with Crippen LogP contribution in [0.15, 0.2) is 0 Å². The smallest absolute Gasteiger partial charge is 0.0402 e. The third-order valence-electron chi connectivity index (χ3n) is 4.35. The molecule has 3 saturated carbocycles. The molecule has 3 aliphatic carbocycles. The lowest BCUT2D eigenvalue weighted by molar-refractivity contribution is 0.259. The minimum atomic E-state index is 0. The molecule has 2 bridgehead atoms. The number of fused-ring (bicyclic) bond motifs is 5. The van der Waals surface area contributed by atoms with Crippen LogP contribution in [-0.4, -0.2) is 11.7 Å². The minimum Gasteiger partial charge on any atom is -0.397 e. The van der Waals surface area contributed by atoms with Crippen LogP contribution in [0.4, 0.5) is 0 Å². The van der Waals surface area contributed by atoms with E-state index in [1.54, 1.807) is 45.4 Å². The fourth-order valence-electron chi connectivity index (χ4n) is 4.02. The van der Waals surface area contributed by atoms with Crippen molar-refractivity contribution in [3.8, 4) is 0 Å². The van der Waals surface area contributed by atoms with Crippen LogP contribution in [0.5, 0.6) is 0 Å². The van der Waals surface area contributed by atoms with Gasteiger partial charge in [0.15, 0.2) is 0 Å². The van der Waals surface area contributed by atoms with E-state index in [0.29, 0.717) is 0 Å². The molecule has 0 aromatic rings. The Morgan fingerprint density at radius 2 is 1.24 bits per heavy atom. The van der Waals surface area contributed by atoms with Gasteiger partial charge in [-0.3, -0.25) is 0 Å². The van der Waals surface area contributed by atoms with Crippen molar-refractivity contribution < 1.29 is 5.11 Å². The van der Waals surface area contributed by atoms with Crippen LogP contribution >= 0.6 is 0 Å². The maximum absolute atomic E-state index is 7.57. The zero-order chi connectivity index (χ0) is 12.0. The van der Waals surface area contributed by atoms with Crippen molar-refractivity contribution in [2.24, 2.45) is 23.7 Å². The second kappa shape index (κ2) is 8.97. The van der Waals surface area contributed by atoms with Gasteiger partial charge in [0.1, 0.15) is 0 Å². The van der Waals surface area contributed by atoms with Crippen LogP contribution in [-0.2, 0) is 0 Å². The molecule has 1 N–H and O–H groups in total. The summed E-state index contributed by atoms with van der Waals surface area (Å²) in [7, 11) is 0. The molecule has 3 rings (SSSR count). The average Bonchev–Trinajstić information content (AvgIpc) is 2.94. The second-order valence-electron chi connectivity index (χ2n) is 5.62. The summed E-state index contributed by atoms with van der Waals surface area (Å²) in [6.45, 7) is 6.18. The number of aliphatic hydroxyl groups excluding tert-OH is 1. The first kappa shape index (κ1) is 17.0. The molecular weight excluding hydrogens is 208 g/mol. The first-order valence-corrected chi connectivity index (χ1v) is 7.39. The molecule has 0 aliphatic heterocycles. The summed E-state index contributed by atoms with van der Waals surface area (Å²) in [5.41, 5.74) is 0. The van der Waals surface area contributed by atoms with E-state index in [2.05, 4.69) is 13.8 Å². The first-order chi connectivity index (χ1) is 7.78. The summed E-state index contributed by atoms with van der Waals surface area (Å²) in [5.74, 6) is 4.80. The first-order valence-electron chi connectivity index (χ1n) is 7.39. The van der Waals surface area contributed by atoms with Gasteiger partial charge in [-0.15, -0.1) is 0 Å². The Bertz CT molecular complexity index is 160. The standard InChI is InChI=1S/C10H16.C3H8.C2H6O.CH4/c1-2-9-7-4-5-8(6-7)10(9)3-1;1-3-2;1-2-3;/h7-10H,1-6H2;3H2,1-2H3;3H,2H2,1H3;1H4. The van der Waals surface area contributed by atoms with E-state index < -0.39 is 0 Å². The SMILES string of the molecule is C.C1CC2C3CCC(C3)C2C1.CCC.CCO. The highest BCUT2D eigenvalue weighted by Crippen LogP contribution is 2.58. The van der Waals surface area contributed by atoms with E-state index in [9.17, 15) is 0 Å². The highest BCUT2D eigenvalue weighted by atomic mass is 16.2. The van der Waals surface area contributed by atoms with Gasteiger partial charge in [0.05, 0.1) is 0 Å². The molecule has 0 aromatic carbocycles. The quantitative estimate of drug-likeness (QED) is 0.641. The lowest BCUT2D eigenvalue weighted by atomic mass is 9.82. The lowest BCUT2D eigenvalue weighted by Crippen LogP contribution is -2.15. The Hall–Kier alpha value is -0.0400. The topological polar surface area (TPSA) is 20.2 Å². The van der Waals surface area contributed by atoms with Crippen LogP contribution < -0.4 is 0 Å². The largest absolute Gasteiger partial charge is 0.397 e. The highest BCUT2D eigenvalue weighted by molar-refractivity contribution is 4.98. The van der Waals surface area contributed by atoms with Gasteiger partial charge in [0.2, 0.25) is 0 Å². The molecule has 104 valence electrons. The minimum absolute atomic E-state index is 0. The molecular formula is C16H34O. The van der Waals surface area contributed by atoms with Gasteiger partial charge in [0, 0.05) is 6.61 Å². The Morgan fingerprint density at radius 3 is 1.59 bits per heavy atom. The molecule has 0 spiro atoms.